The summed E-state index contributed by atoms with van der Waals surface area (Å²) >= 11 is 5.88. The van der Waals surface area contributed by atoms with Crippen molar-refractivity contribution in [1.82, 2.24) is 9.97 Å². The summed E-state index contributed by atoms with van der Waals surface area (Å²) in [4.78, 5) is 8.17. The van der Waals surface area contributed by atoms with Crippen molar-refractivity contribution >= 4 is 23.1 Å². The van der Waals surface area contributed by atoms with E-state index in [0.29, 0.717) is 17.3 Å². The number of nitriles is 1. The lowest BCUT2D eigenvalue weighted by Crippen LogP contribution is -2.02. The van der Waals surface area contributed by atoms with Gasteiger partial charge in [-0.15, -0.1) is 0 Å². The van der Waals surface area contributed by atoms with Gasteiger partial charge in [-0.1, -0.05) is 11.6 Å². The van der Waals surface area contributed by atoms with Crippen LogP contribution in [-0.4, -0.2) is 17.1 Å². The lowest BCUT2D eigenvalue weighted by atomic mass is 10.2. The molecule has 0 atom stereocenters. The fraction of sp³-hybridized carbons (Fsp3) is 0.154. The minimum Gasteiger partial charge on any atom is -0.377 e. The maximum Gasteiger partial charge on any atom is 0.158 e. The molecule has 102 valence electrons. The monoisotopic (exact) mass is 292 g/mol. The zero-order valence-electron chi connectivity index (χ0n) is 10.5. The highest BCUT2D eigenvalue weighted by Gasteiger charge is 2.07. The minimum absolute atomic E-state index is 0.174. The van der Waals surface area contributed by atoms with E-state index in [1.54, 1.807) is 0 Å². The van der Waals surface area contributed by atoms with Gasteiger partial charge < -0.3 is 10.1 Å². The molecule has 0 aliphatic carbocycles. The summed E-state index contributed by atoms with van der Waals surface area (Å²) in [5, 5.41) is 12.1. The predicted molar refractivity (Wildman–Crippen MR) is 72.2 cm³/mol. The number of benzene rings is 1. The summed E-state index contributed by atoms with van der Waals surface area (Å²) < 4.78 is 18.0. The first-order chi connectivity index (χ1) is 9.62. The molecule has 0 amide bonds. The fourth-order valence-corrected chi connectivity index (χ4v) is 1.78. The number of rotatable bonds is 4. The van der Waals surface area contributed by atoms with Crippen LogP contribution >= 0.6 is 11.6 Å². The van der Waals surface area contributed by atoms with E-state index in [1.165, 1.54) is 25.3 Å². The number of ether oxygens (including phenoxy) is 1. The number of aromatic nitrogens is 2. The van der Waals surface area contributed by atoms with Gasteiger partial charge in [-0.3, -0.25) is 0 Å². The van der Waals surface area contributed by atoms with Crippen LogP contribution in [0.15, 0.2) is 24.3 Å². The van der Waals surface area contributed by atoms with Gasteiger partial charge in [0.2, 0.25) is 0 Å². The molecule has 0 saturated carbocycles. The zero-order valence-corrected chi connectivity index (χ0v) is 11.3. The topological polar surface area (TPSA) is 70.8 Å². The summed E-state index contributed by atoms with van der Waals surface area (Å²) in [6, 6.07) is 7.26. The predicted octanol–water partition coefficient (Wildman–Crippen LogP) is 3.03. The van der Waals surface area contributed by atoms with Crippen LogP contribution in [-0.2, 0) is 11.3 Å². The Labute approximate surface area is 120 Å². The summed E-state index contributed by atoms with van der Waals surface area (Å²) in [5.41, 5.74) is 0.611. The fourth-order valence-electron chi connectivity index (χ4n) is 1.58. The van der Waals surface area contributed by atoms with Crippen LogP contribution in [0.25, 0.3) is 0 Å². The summed E-state index contributed by atoms with van der Waals surface area (Å²) in [6.45, 7) is 0.212. The lowest BCUT2D eigenvalue weighted by molar-refractivity contribution is 0.178. The van der Waals surface area contributed by atoms with Crippen molar-refractivity contribution in [3.63, 3.8) is 0 Å². The molecule has 5 nitrogen and oxygen atoms in total. The van der Waals surface area contributed by atoms with E-state index in [4.69, 9.17) is 21.6 Å². The molecule has 0 aliphatic heterocycles. The summed E-state index contributed by atoms with van der Waals surface area (Å²) in [6.07, 6.45) is 0. The zero-order chi connectivity index (χ0) is 14.5. The van der Waals surface area contributed by atoms with Crippen molar-refractivity contribution in [2.45, 2.75) is 6.61 Å². The Bertz CT molecular complexity index is 672. The Morgan fingerprint density at radius 2 is 2.20 bits per heavy atom. The molecule has 0 radical (unpaired) electrons. The van der Waals surface area contributed by atoms with Crippen molar-refractivity contribution in [3.05, 3.63) is 46.6 Å². The Balaban J connectivity index is 2.32. The van der Waals surface area contributed by atoms with Crippen LogP contribution in [0.1, 0.15) is 11.4 Å². The Kier molecular flexibility index (Phi) is 4.45. The van der Waals surface area contributed by atoms with E-state index in [9.17, 15) is 4.39 Å². The van der Waals surface area contributed by atoms with E-state index < -0.39 is 5.82 Å². The van der Waals surface area contributed by atoms with E-state index in [2.05, 4.69) is 15.3 Å². The van der Waals surface area contributed by atoms with Gasteiger partial charge in [-0.25, -0.2) is 14.4 Å². The highest BCUT2D eigenvalue weighted by atomic mass is 35.5. The Morgan fingerprint density at radius 1 is 1.40 bits per heavy atom. The molecule has 20 heavy (non-hydrogen) atoms. The Hall–Kier alpha value is -2.23. The molecule has 2 rings (SSSR count). The van der Waals surface area contributed by atoms with Crippen LogP contribution in [0.5, 0.6) is 0 Å². The third-order valence-corrected chi connectivity index (χ3v) is 2.57. The second-order valence-electron chi connectivity index (χ2n) is 3.85. The van der Waals surface area contributed by atoms with Gasteiger partial charge in [-0.2, -0.15) is 5.26 Å². The first-order valence-corrected chi connectivity index (χ1v) is 5.99. The molecule has 7 heteroatoms. The van der Waals surface area contributed by atoms with Crippen molar-refractivity contribution in [2.24, 2.45) is 0 Å². The third kappa shape index (κ3) is 3.41. The Morgan fingerprint density at radius 3 is 2.90 bits per heavy atom. The number of nitrogens with zero attached hydrogens (tertiary/aromatic N) is 3. The first kappa shape index (κ1) is 14.2. The second-order valence-corrected chi connectivity index (χ2v) is 4.24. The molecule has 0 unspecified atom stereocenters. The van der Waals surface area contributed by atoms with Crippen LogP contribution in [0.2, 0.25) is 5.15 Å². The maximum absolute atomic E-state index is 13.1. The number of halogens is 2. The molecule has 0 aliphatic rings. The van der Waals surface area contributed by atoms with Crippen LogP contribution in [0, 0.1) is 17.1 Å². The van der Waals surface area contributed by atoms with Crippen molar-refractivity contribution in [1.29, 1.82) is 5.26 Å². The van der Waals surface area contributed by atoms with Crippen LogP contribution in [0.4, 0.5) is 15.9 Å². The average Bonchev–Trinajstić information content (AvgIpc) is 2.40. The quantitative estimate of drug-likeness (QED) is 0.877. The third-order valence-electron chi connectivity index (χ3n) is 2.38. The van der Waals surface area contributed by atoms with Gasteiger partial charge in [0.05, 0.1) is 11.3 Å². The molecule has 0 spiro atoms. The van der Waals surface area contributed by atoms with Gasteiger partial charge in [-0.05, 0) is 18.2 Å². The van der Waals surface area contributed by atoms with E-state index in [-0.39, 0.29) is 17.3 Å². The van der Waals surface area contributed by atoms with Gasteiger partial charge >= 0.3 is 0 Å². The number of nitrogens with one attached hydrogen (secondary N) is 1. The summed E-state index contributed by atoms with van der Waals surface area (Å²) in [7, 11) is 1.52. The molecule has 0 saturated heterocycles. The second kappa shape index (κ2) is 6.28. The van der Waals surface area contributed by atoms with Gasteiger partial charge in [0, 0.05) is 13.2 Å². The smallest absolute Gasteiger partial charge is 0.158 e. The van der Waals surface area contributed by atoms with Crippen molar-refractivity contribution < 1.29 is 9.13 Å². The maximum atomic E-state index is 13.1. The molecular formula is C13H10ClFN4O. The molecule has 1 heterocycles. The SMILES string of the molecule is COCc1nc(Cl)cc(Nc2ccc(F)cc2C#N)n1. The molecule has 0 fully saturated rings. The number of hydrogen-bond donors (Lipinski definition) is 1. The molecule has 1 aromatic heterocycles. The number of hydrogen-bond acceptors (Lipinski definition) is 5. The molecule has 1 N–H and O–H groups in total. The molecule has 2 aromatic rings. The van der Waals surface area contributed by atoms with Gasteiger partial charge in [0.15, 0.2) is 5.82 Å². The summed E-state index contributed by atoms with van der Waals surface area (Å²) in [5.74, 6) is 0.330. The van der Waals surface area contributed by atoms with Crippen molar-refractivity contribution in [2.75, 3.05) is 12.4 Å². The largest absolute Gasteiger partial charge is 0.377 e. The number of anilines is 2. The van der Waals surface area contributed by atoms with Crippen molar-refractivity contribution in [3.8, 4) is 6.07 Å². The average molecular weight is 293 g/mol. The molecule has 0 bridgehead atoms. The highest BCUT2D eigenvalue weighted by Crippen LogP contribution is 2.21. The lowest BCUT2D eigenvalue weighted by Gasteiger charge is -2.09. The number of methoxy groups -OCH3 is 1. The first-order valence-electron chi connectivity index (χ1n) is 5.61. The molecular weight excluding hydrogens is 283 g/mol. The van der Waals surface area contributed by atoms with Gasteiger partial charge in [0.25, 0.3) is 0 Å². The van der Waals surface area contributed by atoms with E-state index in [0.717, 1.165) is 6.07 Å². The normalized spacial score (nSPS) is 10.1. The standard InChI is InChI=1S/C13H10ClFN4O/c1-20-7-13-18-11(14)5-12(19-13)17-10-3-2-9(15)4-8(10)6-16/h2-5H,7H2,1H3,(H,17,18,19). The van der Waals surface area contributed by atoms with Crippen LogP contribution < -0.4 is 5.32 Å². The highest BCUT2D eigenvalue weighted by molar-refractivity contribution is 6.29. The van der Waals surface area contributed by atoms with E-state index in [1.807, 2.05) is 6.07 Å². The van der Waals surface area contributed by atoms with Gasteiger partial charge in [0.1, 0.15) is 29.5 Å². The van der Waals surface area contributed by atoms with E-state index >= 15 is 0 Å². The minimum atomic E-state index is -0.479. The van der Waals surface area contributed by atoms with Crippen LogP contribution in [0.3, 0.4) is 0 Å². The molecule has 1 aromatic carbocycles.